The Kier molecular flexibility index (Phi) is 6.99. The van der Waals surface area contributed by atoms with Crippen molar-refractivity contribution in [3.05, 3.63) is 114 Å². The fraction of sp³-hybridized carbons (Fsp3) is 0.188. The van der Waals surface area contributed by atoms with Gasteiger partial charge in [-0.15, -0.1) is 0 Å². The first-order chi connectivity index (χ1) is 20.4. The number of hydrogen-bond acceptors (Lipinski definition) is 8. The third-order valence-corrected chi connectivity index (χ3v) is 8.27. The lowest BCUT2D eigenvalue weighted by molar-refractivity contribution is -0.138. The number of benzene rings is 3. The average Bonchev–Trinajstić information content (AvgIpc) is 3.50. The molecule has 42 heavy (non-hydrogen) atoms. The smallest absolute Gasteiger partial charge is 0.338 e. The van der Waals surface area contributed by atoms with Gasteiger partial charge >= 0.3 is 5.97 Å². The molecule has 10 heteroatoms. The second kappa shape index (κ2) is 10.8. The highest BCUT2D eigenvalue weighted by molar-refractivity contribution is 7.07. The number of methoxy groups -OCH3 is 2. The number of esters is 1. The molecular formula is C32H27N3O6S. The van der Waals surface area contributed by atoms with Crippen molar-refractivity contribution in [3.8, 4) is 11.5 Å². The molecule has 9 nitrogen and oxygen atoms in total. The van der Waals surface area contributed by atoms with Gasteiger partial charge in [0.1, 0.15) is 4.53 Å². The molecule has 0 bridgehead atoms. The monoisotopic (exact) mass is 581 g/mol. The largest absolute Gasteiger partial charge is 0.493 e. The summed E-state index contributed by atoms with van der Waals surface area (Å²) in [7, 11) is 3.05. The molecule has 0 spiro atoms. The van der Waals surface area contributed by atoms with Crippen molar-refractivity contribution in [2.45, 2.75) is 19.9 Å². The van der Waals surface area contributed by atoms with Crippen molar-refractivity contribution >= 4 is 40.2 Å². The maximum atomic E-state index is 14.4. The number of carbonyl (C=O) groups is 2. The highest BCUT2D eigenvalue weighted by atomic mass is 32.1. The lowest BCUT2D eigenvalue weighted by Crippen LogP contribution is -2.40. The van der Waals surface area contributed by atoms with Crippen LogP contribution in [0.25, 0.3) is 11.3 Å². The molecule has 1 aromatic heterocycles. The first-order valence-corrected chi connectivity index (χ1v) is 14.1. The summed E-state index contributed by atoms with van der Waals surface area (Å²) in [5.74, 6) is -0.0368. The van der Waals surface area contributed by atoms with E-state index in [9.17, 15) is 14.4 Å². The Morgan fingerprint density at radius 2 is 1.76 bits per heavy atom. The molecule has 4 aromatic rings. The Morgan fingerprint density at radius 1 is 1.00 bits per heavy atom. The van der Waals surface area contributed by atoms with E-state index in [1.54, 1.807) is 25.1 Å². The number of aryl methyl sites for hydroxylation is 1. The molecule has 0 unspecified atom stereocenters. The molecule has 1 N–H and O–H groups in total. The van der Waals surface area contributed by atoms with E-state index in [0.717, 1.165) is 16.9 Å². The third kappa shape index (κ3) is 4.40. The van der Waals surface area contributed by atoms with Crippen LogP contribution in [0.5, 0.6) is 11.5 Å². The molecule has 2 aliphatic rings. The molecule has 0 aliphatic carbocycles. The van der Waals surface area contributed by atoms with Gasteiger partial charge in [0.2, 0.25) is 0 Å². The predicted molar refractivity (Wildman–Crippen MR) is 159 cm³/mol. The van der Waals surface area contributed by atoms with E-state index in [0.29, 0.717) is 44.4 Å². The van der Waals surface area contributed by atoms with Crippen LogP contribution in [0, 0.1) is 6.92 Å². The summed E-state index contributed by atoms with van der Waals surface area (Å²) in [5.41, 5.74) is 3.95. The number of thiazole rings is 1. The summed E-state index contributed by atoms with van der Waals surface area (Å²) in [6.07, 6.45) is 0. The van der Waals surface area contributed by atoms with Crippen molar-refractivity contribution < 1.29 is 23.8 Å². The van der Waals surface area contributed by atoms with Gasteiger partial charge in [-0.1, -0.05) is 59.4 Å². The topological polar surface area (TPSA) is 108 Å². The minimum atomic E-state index is -0.925. The lowest BCUT2D eigenvalue weighted by Gasteiger charge is -2.26. The van der Waals surface area contributed by atoms with E-state index in [1.807, 2.05) is 55.5 Å². The SMILES string of the molecule is CCOC(=O)C1=C(c2ccccc2)N=c2s/c(=C3\C(=O)Nc4ccc(C)cc43)c(=O)n2[C@@H]1c1ccc(OC)c(OC)c1. The van der Waals surface area contributed by atoms with E-state index in [4.69, 9.17) is 19.2 Å². The Balaban J connectivity index is 1.72. The number of fused-ring (bicyclic) bond motifs is 2. The van der Waals surface area contributed by atoms with Crippen molar-refractivity contribution in [1.82, 2.24) is 4.57 Å². The average molecular weight is 582 g/mol. The second-order valence-corrected chi connectivity index (χ2v) is 10.7. The molecule has 1 atom stereocenters. The molecule has 0 saturated heterocycles. The van der Waals surface area contributed by atoms with E-state index in [-0.39, 0.29) is 28.2 Å². The number of ether oxygens (including phenoxy) is 3. The lowest BCUT2D eigenvalue weighted by atomic mass is 9.93. The van der Waals surface area contributed by atoms with Gasteiger partial charge in [-0.05, 0) is 43.7 Å². The number of aromatic nitrogens is 1. The van der Waals surface area contributed by atoms with E-state index < -0.39 is 17.6 Å². The number of rotatable bonds is 6. The normalized spacial score (nSPS) is 16.8. The minimum Gasteiger partial charge on any atom is -0.493 e. The van der Waals surface area contributed by atoms with Crippen LogP contribution < -0.4 is 29.7 Å². The number of amides is 1. The Bertz CT molecular complexity index is 1970. The highest BCUT2D eigenvalue weighted by Crippen LogP contribution is 2.39. The van der Waals surface area contributed by atoms with Crippen LogP contribution in [-0.2, 0) is 14.3 Å². The molecule has 0 saturated carbocycles. The van der Waals surface area contributed by atoms with Gasteiger partial charge in [0.05, 0.1) is 43.7 Å². The molecular weight excluding hydrogens is 554 g/mol. The van der Waals surface area contributed by atoms with Crippen LogP contribution in [-0.4, -0.2) is 37.3 Å². The van der Waals surface area contributed by atoms with Gasteiger partial charge < -0.3 is 19.5 Å². The molecule has 1 amide bonds. The van der Waals surface area contributed by atoms with Gasteiger partial charge in [0, 0.05) is 16.8 Å². The predicted octanol–water partition coefficient (Wildman–Crippen LogP) is 3.58. The summed E-state index contributed by atoms with van der Waals surface area (Å²) < 4.78 is 18.2. The van der Waals surface area contributed by atoms with Gasteiger partial charge in [0.15, 0.2) is 16.3 Å². The number of carbonyl (C=O) groups excluding carboxylic acids is 2. The summed E-state index contributed by atoms with van der Waals surface area (Å²) in [6.45, 7) is 3.78. The maximum Gasteiger partial charge on any atom is 0.338 e. The molecule has 212 valence electrons. The Hall–Kier alpha value is -4.96. The van der Waals surface area contributed by atoms with Crippen LogP contribution in [0.2, 0.25) is 0 Å². The van der Waals surface area contributed by atoms with E-state index >= 15 is 0 Å². The maximum absolute atomic E-state index is 14.4. The van der Waals surface area contributed by atoms with Gasteiger partial charge in [-0.3, -0.25) is 14.2 Å². The van der Waals surface area contributed by atoms with Gasteiger partial charge in [-0.2, -0.15) is 0 Å². The number of hydrogen-bond donors (Lipinski definition) is 1. The van der Waals surface area contributed by atoms with E-state index in [1.165, 1.54) is 18.8 Å². The zero-order chi connectivity index (χ0) is 29.5. The van der Waals surface area contributed by atoms with Crippen LogP contribution in [0.3, 0.4) is 0 Å². The van der Waals surface area contributed by atoms with Crippen LogP contribution in [0.15, 0.2) is 82.1 Å². The Morgan fingerprint density at radius 3 is 2.48 bits per heavy atom. The second-order valence-electron chi connectivity index (χ2n) is 9.74. The molecule has 0 fully saturated rings. The van der Waals surface area contributed by atoms with Gasteiger partial charge in [0.25, 0.3) is 11.5 Å². The first-order valence-electron chi connectivity index (χ1n) is 13.3. The fourth-order valence-electron chi connectivity index (χ4n) is 5.34. The van der Waals surface area contributed by atoms with Crippen molar-refractivity contribution in [2.24, 2.45) is 4.99 Å². The molecule has 0 radical (unpaired) electrons. The molecule has 3 aromatic carbocycles. The minimum absolute atomic E-state index is 0.133. The van der Waals surface area contributed by atoms with Gasteiger partial charge in [-0.25, -0.2) is 9.79 Å². The zero-order valence-corrected chi connectivity index (χ0v) is 24.2. The van der Waals surface area contributed by atoms with Crippen molar-refractivity contribution in [1.29, 1.82) is 0 Å². The number of nitrogens with zero attached hydrogens (tertiary/aromatic N) is 2. The quantitative estimate of drug-likeness (QED) is 0.349. The van der Waals surface area contributed by atoms with Crippen LogP contribution in [0.1, 0.15) is 35.2 Å². The number of nitrogens with one attached hydrogen (secondary N) is 1. The van der Waals surface area contributed by atoms with Crippen LogP contribution in [0.4, 0.5) is 5.69 Å². The van der Waals surface area contributed by atoms with E-state index in [2.05, 4.69) is 5.32 Å². The molecule has 6 rings (SSSR count). The fourth-order valence-corrected chi connectivity index (χ4v) is 6.43. The first kappa shape index (κ1) is 27.2. The van der Waals surface area contributed by atoms with Crippen molar-refractivity contribution in [2.75, 3.05) is 26.1 Å². The summed E-state index contributed by atoms with van der Waals surface area (Å²) >= 11 is 1.12. The third-order valence-electron chi connectivity index (χ3n) is 7.22. The summed E-state index contributed by atoms with van der Waals surface area (Å²) in [6, 6.07) is 19.2. The summed E-state index contributed by atoms with van der Waals surface area (Å²) in [5, 5.41) is 2.87. The molecule has 3 heterocycles. The van der Waals surface area contributed by atoms with Crippen LogP contribution >= 0.6 is 11.3 Å². The molecule has 2 aliphatic heterocycles. The standard InChI is InChI=1S/C32H27N3O6S/c1-5-41-31(38)25-26(18-9-7-6-8-10-18)34-32-35(27(25)19-12-14-22(39-3)23(16-19)40-4)30(37)28(42-32)24-20-15-17(2)11-13-21(20)33-29(24)36/h6-16,27H,5H2,1-4H3,(H,33,36)/b28-24-/t27-/m1/s1. The number of anilines is 1. The zero-order valence-electron chi connectivity index (χ0n) is 23.4. The Labute approximate surface area is 245 Å². The summed E-state index contributed by atoms with van der Waals surface area (Å²) in [4.78, 5) is 46.5. The highest BCUT2D eigenvalue weighted by Gasteiger charge is 2.37. The van der Waals surface area contributed by atoms with Crippen molar-refractivity contribution in [3.63, 3.8) is 0 Å².